The van der Waals surface area contributed by atoms with Crippen molar-refractivity contribution in [1.29, 1.82) is 0 Å². The van der Waals surface area contributed by atoms with E-state index in [4.69, 9.17) is 32.7 Å². The Hall–Kier alpha value is -1.24. The summed E-state index contributed by atoms with van der Waals surface area (Å²) in [6.45, 7) is 1.75. The Morgan fingerprint density at radius 3 is 2.67 bits per heavy atom. The maximum absolute atomic E-state index is 6.26. The van der Waals surface area contributed by atoms with Gasteiger partial charge in [0, 0.05) is 43.6 Å². The van der Waals surface area contributed by atoms with Crippen molar-refractivity contribution >= 4 is 50.5 Å². The molecule has 0 fully saturated rings. The molecule has 2 aromatic carbocycles. The Balaban J connectivity index is 1.78. The summed E-state index contributed by atoms with van der Waals surface area (Å²) in [5.41, 5.74) is 1.86. The molecule has 0 aliphatic rings. The highest BCUT2D eigenvalue weighted by molar-refractivity contribution is 9.10. The molecule has 27 heavy (non-hydrogen) atoms. The fourth-order valence-electron chi connectivity index (χ4n) is 2.58. The molecule has 0 atom stereocenters. The van der Waals surface area contributed by atoms with Crippen LogP contribution in [0.15, 0.2) is 52.3 Å². The fraction of sp³-hybridized carbons (Fsp3) is 0.200. The molecule has 0 bridgehead atoms. The Morgan fingerprint density at radius 2 is 1.96 bits per heavy atom. The third-order valence-electron chi connectivity index (χ3n) is 3.96. The first-order valence-corrected chi connectivity index (χ1v) is 10.7. The molecule has 0 saturated carbocycles. The minimum Gasteiger partial charge on any atom is -0.493 e. The minimum absolute atomic E-state index is 0.320. The maximum Gasteiger partial charge on any atom is 0.167 e. The molecule has 0 radical (unpaired) electrons. The molecule has 3 rings (SSSR count). The summed E-state index contributed by atoms with van der Waals surface area (Å²) in [4.78, 5) is 1.28. The van der Waals surface area contributed by atoms with Gasteiger partial charge in [-0.05, 0) is 35.7 Å². The van der Waals surface area contributed by atoms with E-state index in [2.05, 4.69) is 32.7 Å². The lowest BCUT2D eigenvalue weighted by Gasteiger charge is -2.17. The number of hydrogen-bond donors (Lipinski definition) is 1. The molecule has 0 saturated heterocycles. The van der Waals surface area contributed by atoms with Gasteiger partial charge in [-0.25, -0.2) is 0 Å². The summed E-state index contributed by atoms with van der Waals surface area (Å²) < 4.78 is 12.6. The molecule has 1 heterocycles. The highest BCUT2D eigenvalue weighted by Gasteiger charge is 2.15. The van der Waals surface area contributed by atoms with E-state index in [0.717, 1.165) is 22.1 Å². The normalized spacial score (nSPS) is 10.8. The molecule has 3 nitrogen and oxygen atoms in total. The van der Waals surface area contributed by atoms with Crippen molar-refractivity contribution in [3.8, 4) is 11.5 Å². The van der Waals surface area contributed by atoms with Crippen molar-refractivity contribution in [2.45, 2.75) is 19.7 Å². The lowest BCUT2D eigenvalue weighted by Crippen LogP contribution is -2.14. The van der Waals surface area contributed by atoms with Crippen LogP contribution in [-0.2, 0) is 19.7 Å². The Kier molecular flexibility index (Phi) is 7.44. The van der Waals surface area contributed by atoms with Gasteiger partial charge in [-0.1, -0.05) is 51.3 Å². The molecule has 142 valence electrons. The monoisotopic (exact) mass is 485 g/mol. The zero-order chi connectivity index (χ0) is 19.2. The number of thiophene rings is 1. The van der Waals surface area contributed by atoms with Crippen LogP contribution in [0.3, 0.4) is 0 Å². The zero-order valence-electron chi connectivity index (χ0n) is 14.6. The van der Waals surface area contributed by atoms with Crippen molar-refractivity contribution in [2.75, 3.05) is 7.11 Å². The van der Waals surface area contributed by atoms with Crippen LogP contribution < -0.4 is 14.8 Å². The molecule has 0 unspecified atom stereocenters. The number of rotatable bonds is 8. The lowest BCUT2D eigenvalue weighted by molar-refractivity contribution is 0.280. The van der Waals surface area contributed by atoms with E-state index in [-0.39, 0.29) is 0 Å². The summed E-state index contributed by atoms with van der Waals surface area (Å²) in [6.07, 6.45) is 0. The van der Waals surface area contributed by atoms with Crippen LogP contribution >= 0.6 is 50.5 Å². The average molecular weight is 487 g/mol. The van der Waals surface area contributed by atoms with Crippen LogP contribution in [0.5, 0.6) is 11.5 Å². The second kappa shape index (κ2) is 9.80. The summed E-state index contributed by atoms with van der Waals surface area (Å²) in [7, 11) is 1.63. The lowest BCUT2D eigenvalue weighted by atomic mass is 10.1. The first kappa shape index (κ1) is 20.5. The van der Waals surface area contributed by atoms with E-state index >= 15 is 0 Å². The van der Waals surface area contributed by atoms with Crippen molar-refractivity contribution in [1.82, 2.24) is 5.32 Å². The summed E-state index contributed by atoms with van der Waals surface area (Å²) in [5.74, 6) is 1.37. The third-order valence-corrected chi connectivity index (χ3v) is 6.16. The second-order valence-corrected chi connectivity index (χ2v) is 8.49. The third kappa shape index (κ3) is 5.39. The summed E-state index contributed by atoms with van der Waals surface area (Å²) >= 11 is 17.6. The van der Waals surface area contributed by atoms with E-state index in [1.54, 1.807) is 30.6 Å². The zero-order valence-corrected chi connectivity index (χ0v) is 18.5. The van der Waals surface area contributed by atoms with Crippen LogP contribution in [-0.4, -0.2) is 7.11 Å². The first-order chi connectivity index (χ1) is 13.1. The molecule has 0 aliphatic carbocycles. The van der Waals surface area contributed by atoms with Crippen LogP contribution in [0.4, 0.5) is 0 Å². The molecule has 1 N–H and O–H groups in total. The first-order valence-electron chi connectivity index (χ1n) is 8.23. The van der Waals surface area contributed by atoms with Gasteiger partial charge in [0.15, 0.2) is 11.5 Å². The Bertz CT molecular complexity index is 903. The molecule has 0 amide bonds. The van der Waals surface area contributed by atoms with Gasteiger partial charge < -0.3 is 14.8 Å². The maximum atomic E-state index is 6.26. The number of hydrogen-bond acceptors (Lipinski definition) is 4. The number of methoxy groups -OCH3 is 1. The largest absolute Gasteiger partial charge is 0.493 e. The van der Waals surface area contributed by atoms with Gasteiger partial charge in [-0.3, -0.25) is 0 Å². The van der Waals surface area contributed by atoms with Crippen molar-refractivity contribution < 1.29 is 9.47 Å². The van der Waals surface area contributed by atoms with E-state index in [1.807, 2.05) is 24.3 Å². The van der Waals surface area contributed by atoms with Crippen LogP contribution in [0.2, 0.25) is 10.0 Å². The van der Waals surface area contributed by atoms with E-state index in [9.17, 15) is 0 Å². The minimum atomic E-state index is 0.320. The Labute approximate surface area is 181 Å². The fourth-order valence-corrected chi connectivity index (χ4v) is 4.17. The highest BCUT2D eigenvalue weighted by Crippen LogP contribution is 2.37. The van der Waals surface area contributed by atoms with Gasteiger partial charge in [0.2, 0.25) is 0 Å². The van der Waals surface area contributed by atoms with E-state index in [1.165, 1.54) is 4.88 Å². The molecule has 3 aromatic rings. The van der Waals surface area contributed by atoms with Crippen LogP contribution in [0, 0.1) is 0 Å². The van der Waals surface area contributed by atoms with Crippen molar-refractivity contribution in [3.05, 3.63) is 78.4 Å². The SMILES string of the molecule is COc1ccc(Br)c(CNCc2cccs2)c1OCc1ccc(Cl)cc1Cl. The quantitative estimate of drug-likeness (QED) is 0.384. The molecule has 0 aliphatic heterocycles. The Morgan fingerprint density at radius 1 is 1.11 bits per heavy atom. The second-order valence-electron chi connectivity index (χ2n) is 5.76. The smallest absolute Gasteiger partial charge is 0.167 e. The van der Waals surface area contributed by atoms with Gasteiger partial charge >= 0.3 is 0 Å². The highest BCUT2D eigenvalue weighted by atomic mass is 79.9. The summed E-state index contributed by atoms with van der Waals surface area (Å²) in [6, 6.07) is 13.4. The molecular weight excluding hydrogens is 469 g/mol. The molecule has 1 aromatic heterocycles. The van der Waals surface area contributed by atoms with Gasteiger partial charge in [-0.2, -0.15) is 0 Å². The standard InChI is InChI=1S/C20H18BrCl2NO2S/c1-25-19-7-6-17(21)16(11-24-10-15-3-2-8-27-15)20(19)26-12-13-4-5-14(22)9-18(13)23/h2-9,24H,10-12H2,1H3. The number of ether oxygens (including phenoxy) is 2. The number of benzene rings is 2. The number of nitrogens with one attached hydrogen (secondary N) is 1. The van der Waals surface area contributed by atoms with Gasteiger partial charge in [0.05, 0.1) is 7.11 Å². The van der Waals surface area contributed by atoms with Crippen molar-refractivity contribution in [3.63, 3.8) is 0 Å². The van der Waals surface area contributed by atoms with Gasteiger partial charge in [0.1, 0.15) is 6.61 Å². The topological polar surface area (TPSA) is 30.5 Å². The van der Waals surface area contributed by atoms with Crippen LogP contribution in [0.1, 0.15) is 16.0 Å². The van der Waals surface area contributed by atoms with Crippen molar-refractivity contribution in [2.24, 2.45) is 0 Å². The predicted octanol–water partition coefficient (Wildman–Crippen LogP) is 6.69. The average Bonchev–Trinajstić information content (AvgIpc) is 3.16. The summed E-state index contributed by atoms with van der Waals surface area (Å²) in [5, 5.41) is 6.70. The van der Waals surface area contributed by atoms with E-state index < -0.39 is 0 Å². The number of halogens is 3. The molecule has 0 spiro atoms. The van der Waals surface area contributed by atoms with Crippen LogP contribution in [0.25, 0.3) is 0 Å². The van der Waals surface area contributed by atoms with Gasteiger partial charge in [0.25, 0.3) is 0 Å². The van der Waals surface area contributed by atoms with Gasteiger partial charge in [-0.15, -0.1) is 11.3 Å². The van der Waals surface area contributed by atoms with E-state index in [0.29, 0.717) is 34.7 Å². The predicted molar refractivity (Wildman–Crippen MR) is 116 cm³/mol. The molecular formula is C20H18BrCl2NO2S. The molecule has 7 heteroatoms.